The third-order valence-corrected chi connectivity index (χ3v) is 2.87. The van der Waals surface area contributed by atoms with Gasteiger partial charge in [-0.1, -0.05) is 0 Å². The largest absolute Gasteiger partial charge is 0.464 e. The maximum atomic E-state index is 13.5. The van der Waals surface area contributed by atoms with Crippen LogP contribution in [0.25, 0.3) is 0 Å². The van der Waals surface area contributed by atoms with Crippen LogP contribution in [-0.2, 0) is 4.74 Å². The maximum absolute atomic E-state index is 13.5. The van der Waals surface area contributed by atoms with Gasteiger partial charge in [0.25, 0.3) is 6.02 Å². The van der Waals surface area contributed by atoms with Crippen LogP contribution in [0.5, 0.6) is 0 Å². The molecule has 0 radical (unpaired) electrons. The number of aliphatic imine (C=N–C) groups is 1. The maximum Gasteiger partial charge on any atom is 0.289 e. The van der Waals surface area contributed by atoms with E-state index in [0.29, 0.717) is 5.69 Å². The third-order valence-electron chi connectivity index (χ3n) is 2.87. The summed E-state index contributed by atoms with van der Waals surface area (Å²) in [5.41, 5.74) is 4.79. The summed E-state index contributed by atoms with van der Waals surface area (Å²) in [5.74, 6) is -0.520. The molecule has 7 heteroatoms. The molecule has 0 unspecified atom stereocenters. The Morgan fingerprint density at radius 2 is 2.11 bits per heavy atom. The van der Waals surface area contributed by atoms with Gasteiger partial charge < -0.3 is 15.8 Å². The van der Waals surface area contributed by atoms with Crippen molar-refractivity contribution in [2.45, 2.75) is 0 Å². The summed E-state index contributed by atoms with van der Waals surface area (Å²) in [6.45, 7) is -1.90. The summed E-state index contributed by atoms with van der Waals surface area (Å²) in [7, 11) is 0. The molecule has 0 saturated heterocycles. The summed E-state index contributed by atoms with van der Waals surface area (Å²) in [4.78, 5) is 3.89. The lowest BCUT2D eigenvalue weighted by Gasteiger charge is -2.30. The zero-order valence-electron chi connectivity index (χ0n) is 10.1. The molecule has 0 spiro atoms. The molecule has 2 rings (SSSR count). The van der Waals surface area contributed by atoms with Crippen molar-refractivity contribution in [3.05, 3.63) is 24.0 Å². The van der Waals surface area contributed by atoms with Gasteiger partial charge in [0.2, 0.25) is 0 Å². The van der Waals surface area contributed by atoms with Crippen molar-refractivity contribution in [1.82, 2.24) is 0 Å². The number of nitrogen functional groups attached to an aromatic ring is 1. The van der Waals surface area contributed by atoms with Gasteiger partial charge in [-0.25, -0.2) is 9.38 Å². The summed E-state index contributed by atoms with van der Waals surface area (Å²) in [6.07, 6.45) is 0. The number of hydrogen-bond donors (Lipinski definition) is 2. The summed E-state index contributed by atoms with van der Waals surface area (Å²) in [6, 6.07) is 4.03. The number of rotatable bonds is 3. The number of anilines is 2. The highest BCUT2D eigenvalue weighted by atomic mass is 19.1. The van der Waals surface area contributed by atoms with Crippen LogP contribution in [0.4, 0.5) is 24.5 Å². The minimum Gasteiger partial charge on any atom is -0.464 e. The SMILES string of the molecule is Nc1ccc(F)c(NC2=NCC(CF)(CF)CO2)c1. The smallest absolute Gasteiger partial charge is 0.289 e. The van der Waals surface area contributed by atoms with E-state index >= 15 is 0 Å². The van der Waals surface area contributed by atoms with Gasteiger partial charge in [-0.2, -0.15) is 0 Å². The van der Waals surface area contributed by atoms with E-state index in [0.717, 1.165) is 0 Å². The molecule has 4 nitrogen and oxygen atoms in total. The quantitative estimate of drug-likeness (QED) is 0.829. The predicted octanol–water partition coefficient (Wildman–Crippen LogP) is 2.13. The molecule has 1 aliphatic rings. The molecule has 1 aromatic rings. The van der Waals surface area contributed by atoms with Crippen LogP contribution in [0.2, 0.25) is 0 Å². The lowest BCUT2D eigenvalue weighted by atomic mass is 9.92. The Bertz CT molecular complexity index is 489. The number of nitrogens with two attached hydrogens (primary N) is 1. The first-order valence-electron chi connectivity index (χ1n) is 5.70. The number of alkyl halides is 2. The van der Waals surface area contributed by atoms with Gasteiger partial charge in [0.05, 0.1) is 17.6 Å². The lowest BCUT2D eigenvalue weighted by molar-refractivity contribution is 0.0672. The summed E-state index contributed by atoms with van der Waals surface area (Å²) >= 11 is 0. The standard InChI is InChI=1S/C12H14F3N3O/c13-4-12(5-14)6-17-11(19-7-12)18-10-3-8(16)1-2-9(10)15/h1-3H,4-7,16H2,(H,17,18). The Hall–Kier alpha value is -1.92. The molecule has 3 N–H and O–H groups in total. The van der Waals surface area contributed by atoms with E-state index in [9.17, 15) is 13.2 Å². The van der Waals surface area contributed by atoms with Crippen LogP contribution < -0.4 is 11.1 Å². The van der Waals surface area contributed by atoms with Gasteiger partial charge in [0.15, 0.2) is 0 Å². The Morgan fingerprint density at radius 1 is 1.37 bits per heavy atom. The molecule has 0 atom stereocenters. The van der Waals surface area contributed by atoms with Gasteiger partial charge in [0.1, 0.15) is 25.8 Å². The molecule has 0 amide bonds. The van der Waals surface area contributed by atoms with Crippen molar-refractivity contribution in [3.8, 4) is 0 Å². The van der Waals surface area contributed by atoms with E-state index in [-0.39, 0.29) is 24.9 Å². The Morgan fingerprint density at radius 3 is 2.68 bits per heavy atom. The van der Waals surface area contributed by atoms with Gasteiger partial charge in [-0.05, 0) is 18.2 Å². The van der Waals surface area contributed by atoms with Crippen LogP contribution in [0.1, 0.15) is 0 Å². The zero-order valence-corrected chi connectivity index (χ0v) is 10.1. The van der Waals surface area contributed by atoms with Crippen molar-refractivity contribution in [2.24, 2.45) is 10.4 Å². The minimum atomic E-state index is -1.22. The molecule has 0 aromatic heterocycles. The summed E-state index contributed by atoms with van der Waals surface area (Å²) < 4.78 is 44.0. The Labute approximate surface area is 108 Å². The topological polar surface area (TPSA) is 59.6 Å². The zero-order chi connectivity index (χ0) is 13.9. The highest BCUT2D eigenvalue weighted by molar-refractivity contribution is 5.90. The first kappa shape index (κ1) is 13.5. The van der Waals surface area contributed by atoms with Gasteiger partial charge >= 0.3 is 0 Å². The van der Waals surface area contributed by atoms with E-state index in [1.54, 1.807) is 0 Å². The molecule has 0 fully saturated rings. The Kier molecular flexibility index (Phi) is 3.82. The van der Waals surface area contributed by atoms with E-state index in [2.05, 4.69) is 10.3 Å². The second kappa shape index (κ2) is 5.38. The van der Waals surface area contributed by atoms with Crippen molar-refractivity contribution in [3.63, 3.8) is 0 Å². The monoisotopic (exact) mass is 273 g/mol. The first-order chi connectivity index (χ1) is 9.08. The average molecular weight is 273 g/mol. The number of nitrogens with zero attached hydrogens (tertiary/aromatic N) is 1. The molecule has 1 heterocycles. The molecule has 0 bridgehead atoms. The van der Waals surface area contributed by atoms with Crippen molar-refractivity contribution in [1.29, 1.82) is 0 Å². The van der Waals surface area contributed by atoms with Gasteiger partial charge in [-0.15, -0.1) is 0 Å². The van der Waals surface area contributed by atoms with E-state index in [1.807, 2.05) is 0 Å². The molecule has 0 saturated carbocycles. The fraction of sp³-hybridized carbons (Fsp3) is 0.417. The molecular formula is C12H14F3N3O. The lowest BCUT2D eigenvalue weighted by Crippen LogP contribution is -2.41. The molecule has 1 aliphatic heterocycles. The van der Waals surface area contributed by atoms with Crippen LogP contribution in [0.15, 0.2) is 23.2 Å². The molecular weight excluding hydrogens is 259 g/mol. The predicted molar refractivity (Wildman–Crippen MR) is 67.1 cm³/mol. The van der Waals surface area contributed by atoms with E-state index in [4.69, 9.17) is 10.5 Å². The highest BCUT2D eigenvalue weighted by Gasteiger charge is 2.35. The molecule has 1 aromatic carbocycles. The third kappa shape index (κ3) is 2.91. The second-order valence-corrected chi connectivity index (χ2v) is 4.54. The van der Waals surface area contributed by atoms with Crippen LogP contribution in [0, 0.1) is 11.2 Å². The van der Waals surface area contributed by atoms with Crippen LogP contribution >= 0.6 is 0 Å². The molecule has 104 valence electrons. The van der Waals surface area contributed by atoms with Crippen LogP contribution in [-0.4, -0.2) is 32.5 Å². The second-order valence-electron chi connectivity index (χ2n) is 4.54. The fourth-order valence-electron chi connectivity index (χ4n) is 1.58. The number of benzene rings is 1. The van der Waals surface area contributed by atoms with E-state index < -0.39 is 24.6 Å². The fourth-order valence-corrected chi connectivity index (χ4v) is 1.58. The van der Waals surface area contributed by atoms with Gasteiger partial charge in [0, 0.05) is 5.69 Å². The van der Waals surface area contributed by atoms with Crippen LogP contribution in [0.3, 0.4) is 0 Å². The Balaban J connectivity index is 2.09. The molecule has 0 aliphatic carbocycles. The number of hydrogen-bond acceptors (Lipinski definition) is 4. The minimum absolute atomic E-state index is 0.0297. The number of halogens is 3. The van der Waals surface area contributed by atoms with Crippen molar-refractivity contribution >= 4 is 17.4 Å². The number of nitrogens with one attached hydrogen (secondary N) is 1. The number of ether oxygens (including phenoxy) is 1. The van der Waals surface area contributed by atoms with Gasteiger partial charge in [-0.3, -0.25) is 8.78 Å². The van der Waals surface area contributed by atoms with Crippen molar-refractivity contribution in [2.75, 3.05) is 37.6 Å². The van der Waals surface area contributed by atoms with E-state index in [1.165, 1.54) is 18.2 Å². The average Bonchev–Trinajstić information content (AvgIpc) is 2.44. The highest BCUT2D eigenvalue weighted by Crippen LogP contribution is 2.25. The first-order valence-corrected chi connectivity index (χ1v) is 5.70. The normalized spacial score (nSPS) is 17.5. The number of amidine groups is 1. The van der Waals surface area contributed by atoms with Crippen molar-refractivity contribution < 1.29 is 17.9 Å². The summed E-state index contributed by atoms with van der Waals surface area (Å²) in [5, 5.41) is 2.60. The molecule has 19 heavy (non-hydrogen) atoms.